The highest BCUT2D eigenvalue weighted by molar-refractivity contribution is 8.04. The SMILES string of the molecule is COC(=O)C1=C2SC(C)C(=O)N2C(N)=C(C#N)C1c1ccco1. The summed E-state index contributed by atoms with van der Waals surface area (Å²) in [7, 11) is 1.25. The van der Waals surface area contributed by atoms with Crippen molar-refractivity contribution < 1.29 is 18.7 Å². The standard InChI is InChI=1S/C15H13N3O4S/c1-7-13(19)18-12(17)8(6-16)10(9-4-3-5-22-9)11(14(18)23-7)15(20)21-2/h3-5,7,10H,17H2,1-2H3. The molecule has 1 amide bonds. The van der Waals surface area contributed by atoms with E-state index < -0.39 is 17.1 Å². The molecule has 23 heavy (non-hydrogen) atoms. The second-order valence-electron chi connectivity index (χ2n) is 5.00. The summed E-state index contributed by atoms with van der Waals surface area (Å²) in [5.74, 6) is -1.27. The third-order valence-corrected chi connectivity index (χ3v) is 4.92. The third kappa shape index (κ3) is 2.12. The minimum atomic E-state index is -0.792. The summed E-state index contributed by atoms with van der Waals surface area (Å²) in [5, 5.41) is 9.52. The first-order chi connectivity index (χ1) is 11.0. The van der Waals surface area contributed by atoms with E-state index in [2.05, 4.69) is 0 Å². The molecule has 2 unspecified atom stereocenters. The van der Waals surface area contributed by atoms with Crippen LogP contribution in [0.5, 0.6) is 0 Å². The summed E-state index contributed by atoms with van der Waals surface area (Å²) in [6.45, 7) is 1.72. The van der Waals surface area contributed by atoms with E-state index in [1.54, 1.807) is 19.1 Å². The predicted octanol–water partition coefficient (Wildman–Crippen LogP) is 1.42. The number of nitriles is 1. The van der Waals surface area contributed by atoms with Crippen LogP contribution in [0.2, 0.25) is 0 Å². The Morgan fingerprint density at radius 3 is 2.87 bits per heavy atom. The van der Waals surface area contributed by atoms with Crippen LogP contribution >= 0.6 is 11.8 Å². The molecule has 0 aliphatic carbocycles. The van der Waals surface area contributed by atoms with E-state index in [1.165, 1.54) is 30.0 Å². The number of rotatable bonds is 2. The fraction of sp³-hybridized carbons (Fsp3) is 0.267. The highest BCUT2D eigenvalue weighted by Gasteiger charge is 2.47. The molecule has 2 N–H and O–H groups in total. The van der Waals surface area contributed by atoms with Gasteiger partial charge in [-0.2, -0.15) is 5.26 Å². The first kappa shape index (κ1) is 15.2. The molecule has 3 rings (SSSR count). The topological polar surface area (TPSA) is 110 Å². The average molecular weight is 331 g/mol. The van der Waals surface area contributed by atoms with Crippen molar-refractivity contribution in [2.75, 3.05) is 7.11 Å². The number of nitrogens with two attached hydrogens (primary N) is 1. The lowest BCUT2D eigenvalue weighted by molar-refractivity contribution is -0.136. The highest BCUT2D eigenvalue weighted by Crippen LogP contribution is 2.49. The van der Waals surface area contributed by atoms with Crippen LogP contribution in [-0.4, -0.2) is 29.1 Å². The maximum absolute atomic E-state index is 12.4. The lowest BCUT2D eigenvalue weighted by Crippen LogP contribution is -2.37. The van der Waals surface area contributed by atoms with Gasteiger partial charge in [-0.1, -0.05) is 11.8 Å². The van der Waals surface area contributed by atoms with Crippen molar-refractivity contribution in [1.29, 1.82) is 5.26 Å². The lowest BCUT2D eigenvalue weighted by atomic mass is 9.87. The molecule has 1 aromatic rings. The molecule has 0 spiro atoms. The van der Waals surface area contributed by atoms with Crippen LogP contribution in [0, 0.1) is 11.3 Å². The largest absolute Gasteiger partial charge is 0.468 e. The molecule has 8 heteroatoms. The van der Waals surface area contributed by atoms with Crippen molar-refractivity contribution in [3.8, 4) is 6.07 Å². The number of furan rings is 1. The molecule has 1 saturated heterocycles. The van der Waals surface area contributed by atoms with Gasteiger partial charge in [0.05, 0.1) is 46.8 Å². The first-order valence-electron chi connectivity index (χ1n) is 6.77. The van der Waals surface area contributed by atoms with Gasteiger partial charge in [0.2, 0.25) is 5.91 Å². The summed E-state index contributed by atoms with van der Waals surface area (Å²) in [6.07, 6.45) is 1.45. The average Bonchev–Trinajstić information content (AvgIpc) is 3.16. The molecule has 1 aromatic heterocycles. The van der Waals surface area contributed by atoms with Gasteiger partial charge in [-0.05, 0) is 19.1 Å². The number of amides is 1. The summed E-state index contributed by atoms with van der Waals surface area (Å²) >= 11 is 1.22. The van der Waals surface area contributed by atoms with Gasteiger partial charge in [-0.25, -0.2) is 4.79 Å². The number of carbonyl (C=O) groups excluding carboxylic acids is 2. The maximum atomic E-state index is 12.4. The highest BCUT2D eigenvalue weighted by atomic mass is 32.2. The molecule has 2 atom stereocenters. The minimum absolute atomic E-state index is 0.0263. The number of hydrogen-bond acceptors (Lipinski definition) is 7. The van der Waals surface area contributed by atoms with E-state index in [0.717, 1.165) is 0 Å². The zero-order chi connectivity index (χ0) is 16.7. The molecule has 0 bridgehead atoms. The van der Waals surface area contributed by atoms with Crippen LogP contribution in [0.1, 0.15) is 18.6 Å². The number of esters is 1. The summed E-state index contributed by atoms with van der Waals surface area (Å²) < 4.78 is 10.2. The molecule has 1 fully saturated rings. The predicted molar refractivity (Wildman–Crippen MR) is 81.2 cm³/mol. The quantitative estimate of drug-likeness (QED) is 0.816. The van der Waals surface area contributed by atoms with Gasteiger partial charge in [-0.3, -0.25) is 9.69 Å². The Morgan fingerprint density at radius 1 is 1.57 bits per heavy atom. The Morgan fingerprint density at radius 2 is 2.30 bits per heavy atom. The monoisotopic (exact) mass is 331 g/mol. The van der Waals surface area contributed by atoms with Gasteiger partial charge in [0.1, 0.15) is 11.6 Å². The Kier molecular flexibility index (Phi) is 3.66. The Labute approximate surface area is 136 Å². The summed E-state index contributed by atoms with van der Waals surface area (Å²) in [5.41, 5.74) is 6.33. The van der Waals surface area contributed by atoms with E-state index in [4.69, 9.17) is 14.9 Å². The Bertz CT molecular complexity index is 788. The van der Waals surface area contributed by atoms with E-state index in [-0.39, 0.29) is 22.9 Å². The van der Waals surface area contributed by atoms with Crippen molar-refractivity contribution in [3.63, 3.8) is 0 Å². The molecule has 118 valence electrons. The van der Waals surface area contributed by atoms with Crippen LogP contribution < -0.4 is 5.73 Å². The smallest absolute Gasteiger partial charge is 0.337 e. The first-order valence-corrected chi connectivity index (χ1v) is 7.65. The zero-order valence-electron chi connectivity index (χ0n) is 12.4. The zero-order valence-corrected chi connectivity index (χ0v) is 13.2. The van der Waals surface area contributed by atoms with Gasteiger partial charge in [0.25, 0.3) is 0 Å². The maximum Gasteiger partial charge on any atom is 0.337 e. The van der Waals surface area contributed by atoms with Gasteiger partial charge >= 0.3 is 5.97 Å². The van der Waals surface area contributed by atoms with Gasteiger partial charge in [-0.15, -0.1) is 0 Å². The van der Waals surface area contributed by atoms with Crippen LogP contribution in [0.3, 0.4) is 0 Å². The van der Waals surface area contributed by atoms with Crippen LogP contribution in [-0.2, 0) is 14.3 Å². The normalized spacial score (nSPS) is 23.9. The molecule has 2 aliphatic heterocycles. The molecule has 0 aromatic carbocycles. The number of fused-ring (bicyclic) bond motifs is 1. The number of nitrogens with zero attached hydrogens (tertiary/aromatic N) is 2. The Balaban J connectivity index is 2.29. The van der Waals surface area contributed by atoms with Gasteiger partial charge < -0.3 is 14.9 Å². The number of hydrogen-bond donors (Lipinski definition) is 1. The van der Waals surface area contributed by atoms with Crippen molar-refractivity contribution in [3.05, 3.63) is 46.2 Å². The molecular weight excluding hydrogens is 318 g/mol. The number of allylic oxidation sites excluding steroid dienone is 1. The van der Waals surface area contributed by atoms with E-state index in [9.17, 15) is 14.9 Å². The second-order valence-corrected chi connectivity index (χ2v) is 6.33. The molecule has 7 nitrogen and oxygen atoms in total. The van der Waals surface area contributed by atoms with E-state index in [0.29, 0.717) is 10.8 Å². The van der Waals surface area contributed by atoms with Gasteiger partial charge in [0, 0.05) is 0 Å². The molecule has 0 saturated carbocycles. The third-order valence-electron chi connectivity index (χ3n) is 3.74. The Hall–Kier alpha value is -2.66. The van der Waals surface area contributed by atoms with Crippen molar-refractivity contribution in [1.82, 2.24) is 4.90 Å². The lowest BCUT2D eigenvalue weighted by Gasteiger charge is -2.30. The summed E-state index contributed by atoms with van der Waals surface area (Å²) in [4.78, 5) is 25.9. The fourth-order valence-corrected chi connectivity index (χ4v) is 3.84. The van der Waals surface area contributed by atoms with Crippen LogP contribution in [0.15, 0.2) is 44.8 Å². The van der Waals surface area contributed by atoms with Crippen LogP contribution in [0.25, 0.3) is 0 Å². The number of carbonyl (C=O) groups is 2. The minimum Gasteiger partial charge on any atom is -0.468 e. The number of thioether (sulfide) groups is 1. The van der Waals surface area contributed by atoms with E-state index in [1.807, 2.05) is 6.07 Å². The molecule has 2 aliphatic rings. The van der Waals surface area contributed by atoms with Crippen molar-refractivity contribution in [2.24, 2.45) is 5.73 Å². The van der Waals surface area contributed by atoms with Gasteiger partial charge in [0.15, 0.2) is 0 Å². The fourth-order valence-electron chi connectivity index (χ4n) is 2.68. The second kappa shape index (κ2) is 5.52. The number of methoxy groups -OCH3 is 1. The van der Waals surface area contributed by atoms with E-state index >= 15 is 0 Å². The van der Waals surface area contributed by atoms with Crippen molar-refractivity contribution in [2.45, 2.75) is 18.1 Å². The molecule has 0 radical (unpaired) electrons. The summed E-state index contributed by atoms with van der Waals surface area (Å²) in [6, 6.07) is 5.31. The number of ether oxygens (including phenoxy) is 1. The molecule has 3 heterocycles. The molecular formula is C15H13N3O4S. The van der Waals surface area contributed by atoms with Crippen molar-refractivity contribution >= 4 is 23.6 Å². The van der Waals surface area contributed by atoms with Crippen LogP contribution in [0.4, 0.5) is 0 Å².